The summed E-state index contributed by atoms with van der Waals surface area (Å²) in [6, 6.07) is 2.15. The van der Waals surface area contributed by atoms with Crippen molar-refractivity contribution in [3.63, 3.8) is 0 Å². The van der Waals surface area contributed by atoms with Gasteiger partial charge in [0.1, 0.15) is 6.07 Å². The van der Waals surface area contributed by atoms with Crippen molar-refractivity contribution >= 4 is 27.3 Å². The zero-order chi connectivity index (χ0) is 7.40. The summed E-state index contributed by atoms with van der Waals surface area (Å²) in [6.07, 6.45) is 0.951. The normalized spacial score (nSPS) is 9.20. The predicted molar refractivity (Wildman–Crippen MR) is 46.5 cm³/mol. The number of nitrogens with zero attached hydrogens (tertiary/aromatic N) is 1. The van der Waals surface area contributed by atoms with Gasteiger partial charge in [0.15, 0.2) is 0 Å². The van der Waals surface area contributed by atoms with Gasteiger partial charge in [-0.25, -0.2) is 0 Å². The molecule has 0 amide bonds. The molecule has 0 saturated heterocycles. The fourth-order valence-corrected chi connectivity index (χ4v) is 1.96. The van der Waals surface area contributed by atoms with Gasteiger partial charge in [-0.05, 0) is 17.4 Å². The van der Waals surface area contributed by atoms with E-state index in [1.807, 2.05) is 10.8 Å². The summed E-state index contributed by atoms with van der Waals surface area (Å²) in [6.45, 7) is 0. The van der Waals surface area contributed by atoms with Crippen molar-refractivity contribution in [3.05, 3.63) is 21.9 Å². The molecule has 0 aliphatic rings. The van der Waals surface area contributed by atoms with E-state index in [0.29, 0.717) is 0 Å². The molecule has 0 saturated carbocycles. The second-order valence-electron chi connectivity index (χ2n) is 1.86. The first-order valence-electron chi connectivity index (χ1n) is 2.89. The summed E-state index contributed by atoms with van der Waals surface area (Å²) >= 11 is 4.92. The van der Waals surface area contributed by atoms with Crippen molar-refractivity contribution < 1.29 is 0 Å². The van der Waals surface area contributed by atoms with Gasteiger partial charge in [0.05, 0.1) is 5.56 Å². The number of nitriles is 1. The highest BCUT2D eigenvalue weighted by Crippen LogP contribution is 2.14. The molecule has 0 atom stereocenters. The Labute approximate surface area is 72.4 Å². The third-order valence-electron chi connectivity index (χ3n) is 1.23. The summed E-state index contributed by atoms with van der Waals surface area (Å²) in [4.78, 5) is 0. The van der Waals surface area contributed by atoms with Crippen molar-refractivity contribution in [1.29, 1.82) is 5.26 Å². The van der Waals surface area contributed by atoms with Crippen LogP contribution >= 0.6 is 27.3 Å². The van der Waals surface area contributed by atoms with Crippen molar-refractivity contribution in [2.75, 3.05) is 5.33 Å². The molecule has 0 aliphatic heterocycles. The number of hydrogen-bond donors (Lipinski definition) is 0. The molecule has 10 heavy (non-hydrogen) atoms. The molecule has 0 N–H and O–H groups in total. The van der Waals surface area contributed by atoms with Crippen molar-refractivity contribution in [3.8, 4) is 6.07 Å². The van der Waals surface area contributed by atoms with E-state index in [1.54, 1.807) is 11.3 Å². The second kappa shape index (κ2) is 3.75. The van der Waals surface area contributed by atoms with E-state index in [1.165, 1.54) is 0 Å². The first-order chi connectivity index (χ1) is 4.88. The Hall–Kier alpha value is -0.330. The van der Waals surface area contributed by atoms with Gasteiger partial charge in [-0.1, -0.05) is 15.9 Å². The average Bonchev–Trinajstić information content (AvgIpc) is 2.36. The molecule has 0 fully saturated rings. The molecule has 0 bridgehead atoms. The summed E-state index contributed by atoms with van der Waals surface area (Å²) in [5, 5.41) is 13.4. The van der Waals surface area contributed by atoms with E-state index in [-0.39, 0.29) is 0 Å². The molecule has 0 aliphatic carbocycles. The molecule has 1 aromatic rings. The minimum absolute atomic E-state index is 0.824. The molecule has 3 heteroatoms. The Morgan fingerprint density at radius 2 is 2.40 bits per heavy atom. The molecule has 0 radical (unpaired) electrons. The summed E-state index contributed by atoms with van der Waals surface area (Å²) in [7, 11) is 0. The van der Waals surface area contributed by atoms with Crippen molar-refractivity contribution in [2.24, 2.45) is 0 Å². The van der Waals surface area contributed by atoms with Gasteiger partial charge >= 0.3 is 0 Å². The quantitative estimate of drug-likeness (QED) is 0.697. The standard InChI is InChI=1S/C7H6BrNS/c8-2-1-6-4-10-5-7(6)3-9/h4-5H,1-2H2. The Kier molecular flexibility index (Phi) is 2.91. The maximum absolute atomic E-state index is 8.58. The molecule has 1 rings (SSSR count). The maximum atomic E-state index is 8.58. The highest BCUT2D eigenvalue weighted by Gasteiger charge is 2.00. The topological polar surface area (TPSA) is 23.8 Å². The Morgan fingerprint density at radius 1 is 1.60 bits per heavy atom. The third-order valence-corrected chi connectivity index (χ3v) is 2.42. The number of hydrogen-bond acceptors (Lipinski definition) is 2. The molecule has 1 aromatic heterocycles. The number of halogens is 1. The molecule has 1 nitrogen and oxygen atoms in total. The van der Waals surface area contributed by atoms with Gasteiger partial charge < -0.3 is 0 Å². The second-order valence-corrected chi connectivity index (χ2v) is 3.40. The van der Waals surface area contributed by atoms with Crippen LogP contribution in [0.2, 0.25) is 0 Å². The fourth-order valence-electron chi connectivity index (χ4n) is 0.717. The number of aryl methyl sites for hydroxylation is 1. The maximum Gasteiger partial charge on any atom is 0.100 e. The van der Waals surface area contributed by atoms with Crippen LogP contribution in [0.4, 0.5) is 0 Å². The summed E-state index contributed by atoms with van der Waals surface area (Å²) < 4.78 is 0. The fraction of sp³-hybridized carbons (Fsp3) is 0.286. The Bertz CT molecular complexity index is 248. The molecular formula is C7H6BrNS. The van der Waals surface area contributed by atoms with Crippen LogP contribution in [0.1, 0.15) is 11.1 Å². The van der Waals surface area contributed by atoms with Gasteiger partial charge in [0.25, 0.3) is 0 Å². The van der Waals surface area contributed by atoms with E-state index in [2.05, 4.69) is 22.0 Å². The highest BCUT2D eigenvalue weighted by atomic mass is 79.9. The highest BCUT2D eigenvalue weighted by molar-refractivity contribution is 9.09. The number of thiophene rings is 1. The molecule has 1 heterocycles. The average molecular weight is 216 g/mol. The first kappa shape index (κ1) is 7.77. The predicted octanol–water partition coefficient (Wildman–Crippen LogP) is 2.56. The van der Waals surface area contributed by atoms with Gasteiger partial charge in [0, 0.05) is 10.7 Å². The van der Waals surface area contributed by atoms with Crippen molar-refractivity contribution in [2.45, 2.75) is 6.42 Å². The summed E-state index contributed by atoms with van der Waals surface area (Å²) in [5.74, 6) is 0. The lowest BCUT2D eigenvalue weighted by Crippen LogP contribution is -1.84. The number of alkyl halides is 1. The van der Waals surface area contributed by atoms with E-state index in [4.69, 9.17) is 5.26 Å². The first-order valence-corrected chi connectivity index (χ1v) is 4.96. The van der Waals surface area contributed by atoms with Crippen LogP contribution in [0.25, 0.3) is 0 Å². The molecule has 52 valence electrons. The lowest BCUT2D eigenvalue weighted by atomic mass is 10.2. The largest absolute Gasteiger partial charge is 0.192 e. The SMILES string of the molecule is N#Cc1cscc1CCBr. The van der Waals surface area contributed by atoms with Crippen LogP contribution < -0.4 is 0 Å². The molecule has 0 aromatic carbocycles. The van der Waals surface area contributed by atoms with Crippen LogP contribution in [0.15, 0.2) is 10.8 Å². The Balaban J connectivity index is 2.82. The zero-order valence-corrected chi connectivity index (χ0v) is 7.70. The van der Waals surface area contributed by atoms with Gasteiger partial charge in [-0.3, -0.25) is 0 Å². The van der Waals surface area contributed by atoms with E-state index < -0.39 is 0 Å². The third kappa shape index (κ3) is 1.59. The number of rotatable bonds is 2. The Morgan fingerprint density at radius 3 is 3.00 bits per heavy atom. The van der Waals surface area contributed by atoms with E-state index >= 15 is 0 Å². The van der Waals surface area contributed by atoms with Crippen LogP contribution in [0, 0.1) is 11.3 Å². The molecular weight excluding hydrogens is 210 g/mol. The van der Waals surface area contributed by atoms with Gasteiger partial charge in [0.2, 0.25) is 0 Å². The lowest BCUT2D eigenvalue weighted by Gasteiger charge is -1.89. The molecule has 0 spiro atoms. The lowest BCUT2D eigenvalue weighted by molar-refractivity contribution is 1.17. The minimum atomic E-state index is 0.824. The van der Waals surface area contributed by atoms with Gasteiger partial charge in [-0.15, -0.1) is 0 Å². The van der Waals surface area contributed by atoms with Crippen LogP contribution in [0.3, 0.4) is 0 Å². The monoisotopic (exact) mass is 215 g/mol. The minimum Gasteiger partial charge on any atom is -0.192 e. The van der Waals surface area contributed by atoms with E-state index in [0.717, 1.165) is 22.9 Å². The van der Waals surface area contributed by atoms with Crippen molar-refractivity contribution in [1.82, 2.24) is 0 Å². The van der Waals surface area contributed by atoms with E-state index in [9.17, 15) is 0 Å². The smallest absolute Gasteiger partial charge is 0.100 e. The van der Waals surface area contributed by atoms with Crippen LogP contribution in [0.5, 0.6) is 0 Å². The summed E-state index contributed by atoms with van der Waals surface area (Å²) in [5.41, 5.74) is 1.98. The van der Waals surface area contributed by atoms with Gasteiger partial charge in [-0.2, -0.15) is 16.6 Å². The molecule has 0 unspecified atom stereocenters. The van der Waals surface area contributed by atoms with Crippen LogP contribution in [-0.4, -0.2) is 5.33 Å². The zero-order valence-electron chi connectivity index (χ0n) is 5.30. The van der Waals surface area contributed by atoms with Crippen LogP contribution in [-0.2, 0) is 6.42 Å².